The first kappa shape index (κ1) is 20.1. The predicted octanol–water partition coefficient (Wildman–Crippen LogP) is 5.26. The number of esters is 1. The number of hydrogen-bond acceptors (Lipinski definition) is 2. The van der Waals surface area contributed by atoms with E-state index in [0.717, 1.165) is 25.7 Å². The van der Waals surface area contributed by atoms with Crippen LogP contribution in [0.3, 0.4) is 0 Å². The van der Waals surface area contributed by atoms with Crippen molar-refractivity contribution in [3.05, 3.63) is 0 Å². The van der Waals surface area contributed by atoms with E-state index in [1.165, 1.54) is 19.3 Å². The lowest BCUT2D eigenvalue weighted by Gasteiger charge is -2.17. The van der Waals surface area contributed by atoms with E-state index in [9.17, 15) is 26.7 Å². The minimum absolute atomic E-state index is 0.300. The number of ether oxygens (including phenoxy) is 1. The Kier molecular flexibility index (Phi) is 9.53. The van der Waals surface area contributed by atoms with Gasteiger partial charge in [-0.2, -0.15) is 22.0 Å². The summed E-state index contributed by atoms with van der Waals surface area (Å²) in [6.07, 6.45) is 2.73. The van der Waals surface area contributed by atoms with Gasteiger partial charge in [0.15, 0.2) is 0 Å². The van der Waals surface area contributed by atoms with Gasteiger partial charge in [-0.3, -0.25) is 0 Å². The number of rotatable bonds is 11. The van der Waals surface area contributed by atoms with E-state index in [1.807, 2.05) is 0 Å². The molecule has 0 N–H and O–H groups in total. The number of alkyl halides is 5. The third-order valence-electron chi connectivity index (χ3n) is 3.09. The zero-order valence-electron chi connectivity index (χ0n) is 12.3. The highest BCUT2D eigenvalue weighted by Crippen LogP contribution is 2.36. The number of unbranched alkanes of at least 4 members (excludes halogenated alkanes) is 8. The first-order valence-electron chi connectivity index (χ1n) is 7.35. The highest BCUT2D eigenvalue weighted by Gasteiger charge is 2.64. The summed E-state index contributed by atoms with van der Waals surface area (Å²) < 4.78 is 64.5. The molecule has 7 heteroatoms. The molecule has 0 atom stereocenters. The highest BCUT2D eigenvalue weighted by molar-refractivity contribution is 5.78. The SMILES string of the molecule is CCCCCCCCCCCOC(=O)C(F)(F)C(F)(F)F. The Morgan fingerprint density at radius 3 is 1.67 bits per heavy atom. The van der Waals surface area contributed by atoms with Crippen LogP contribution in [0.5, 0.6) is 0 Å². The van der Waals surface area contributed by atoms with E-state index >= 15 is 0 Å². The van der Waals surface area contributed by atoms with Crippen molar-refractivity contribution in [3.8, 4) is 0 Å². The van der Waals surface area contributed by atoms with Crippen LogP contribution >= 0.6 is 0 Å². The average molecular weight is 318 g/mol. The summed E-state index contributed by atoms with van der Waals surface area (Å²) >= 11 is 0. The molecule has 0 aliphatic carbocycles. The van der Waals surface area contributed by atoms with E-state index in [1.54, 1.807) is 0 Å². The van der Waals surface area contributed by atoms with E-state index in [-0.39, 0.29) is 0 Å². The van der Waals surface area contributed by atoms with E-state index in [4.69, 9.17) is 0 Å². The Hall–Kier alpha value is -0.880. The zero-order valence-corrected chi connectivity index (χ0v) is 12.3. The van der Waals surface area contributed by atoms with Crippen LogP contribution in [-0.2, 0) is 9.53 Å². The van der Waals surface area contributed by atoms with Gasteiger partial charge in [-0.1, -0.05) is 58.3 Å². The van der Waals surface area contributed by atoms with E-state index < -0.39 is 24.7 Å². The summed E-state index contributed by atoms with van der Waals surface area (Å²) in [4.78, 5) is 10.7. The van der Waals surface area contributed by atoms with Crippen molar-refractivity contribution in [2.75, 3.05) is 6.61 Å². The van der Waals surface area contributed by atoms with Crippen LogP contribution in [0.25, 0.3) is 0 Å². The van der Waals surface area contributed by atoms with Crippen molar-refractivity contribution in [3.63, 3.8) is 0 Å². The number of halogens is 5. The maximum atomic E-state index is 12.5. The van der Waals surface area contributed by atoms with Gasteiger partial charge < -0.3 is 4.74 Å². The molecule has 0 amide bonds. The Balaban J connectivity index is 3.57. The maximum Gasteiger partial charge on any atom is 0.465 e. The fourth-order valence-corrected chi connectivity index (χ4v) is 1.78. The molecule has 126 valence electrons. The van der Waals surface area contributed by atoms with Gasteiger partial charge in [0.05, 0.1) is 6.61 Å². The summed E-state index contributed by atoms with van der Waals surface area (Å²) in [6, 6.07) is 0. The average Bonchev–Trinajstić information content (AvgIpc) is 2.39. The molecule has 0 bridgehead atoms. The van der Waals surface area contributed by atoms with Gasteiger partial charge in [0.2, 0.25) is 0 Å². The lowest BCUT2D eigenvalue weighted by molar-refractivity contribution is -0.280. The largest absolute Gasteiger partial charge is 0.465 e. The van der Waals surface area contributed by atoms with Crippen LogP contribution in [0.4, 0.5) is 22.0 Å². The van der Waals surface area contributed by atoms with Crippen molar-refractivity contribution in [2.24, 2.45) is 0 Å². The Morgan fingerprint density at radius 1 is 0.810 bits per heavy atom. The van der Waals surface area contributed by atoms with E-state index in [2.05, 4.69) is 11.7 Å². The second kappa shape index (κ2) is 9.95. The fourth-order valence-electron chi connectivity index (χ4n) is 1.78. The summed E-state index contributed by atoms with van der Waals surface area (Å²) in [5, 5.41) is 0. The monoisotopic (exact) mass is 318 g/mol. The predicted molar refractivity (Wildman–Crippen MR) is 69.2 cm³/mol. The van der Waals surface area contributed by atoms with Crippen LogP contribution in [-0.4, -0.2) is 24.7 Å². The van der Waals surface area contributed by atoms with Crippen LogP contribution in [0, 0.1) is 0 Å². The minimum atomic E-state index is -5.90. The quantitative estimate of drug-likeness (QED) is 0.295. The molecule has 0 unspecified atom stereocenters. The molecule has 0 rings (SSSR count). The van der Waals surface area contributed by atoms with Crippen molar-refractivity contribution < 1.29 is 31.5 Å². The van der Waals surface area contributed by atoms with Crippen LogP contribution in [0.1, 0.15) is 64.7 Å². The van der Waals surface area contributed by atoms with Gasteiger partial charge in [-0.05, 0) is 6.42 Å². The Morgan fingerprint density at radius 2 is 1.24 bits per heavy atom. The number of carbonyl (C=O) groups is 1. The number of hydrogen-bond donors (Lipinski definition) is 0. The molecule has 0 aliphatic heterocycles. The molecule has 0 radical (unpaired) electrons. The molecule has 0 aromatic heterocycles. The van der Waals surface area contributed by atoms with E-state index in [0.29, 0.717) is 12.8 Å². The molecule has 0 spiro atoms. The van der Waals surface area contributed by atoms with Gasteiger partial charge in [-0.25, -0.2) is 4.79 Å². The summed E-state index contributed by atoms with van der Waals surface area (Å²) in [7, 11) is 0. The third-order valence-corrected chi connectivity index (χ3v) is 3.09. The van der Waals surface area contributed by atoms with Gasteiger partial charge in [0.25, 0.3) is 0 Å². The molecule has 0 saturated carbocycles. The lowest BCUT2D eigenvalue weighted by Crippen LogP contribution is -2.45. The van der Waals surface area contributed by atoms with Crippen molar-refractivity contribution in [1.29, 1.82) is 0 Å². The first-order valence-corrected chi connectivity index (χ1v) is 7.35. The molecule has 21 heavy (non-hydrogen) atoms. The molecule has 2 nitrogen and oxygen atoms in total. The smallest absolute Gasteiger partial charge is 0.461 e. The second-order valence-corrected chi connectivity index (χ2v) is 5.04. The maximum absolute atomic E-state index is 12.5. The molecule has 0 aromatic rings. The fraction of sp³-hybridized carbons (Fsp3) is 0.929. The lowest BCUT2D eigenvalue weighted by atomic mass is 10.1. The third kappa shape index (κ3) is 8.21. The number of carbonyl (C=O) groups excluding carboxylic acids is 1. The molecule has 0 aliphatic rings. The van der Waals surface area contributed by atoms with Crippen molar-refractivity contribution in [2.45, 2.75) is 76.8 Å². The standard InChI is InChI=1S/C14H23F5O2/c1-2-3-4-5-6-7-8-9-10-11-21-12(20)13(15,16)14(17,18)19/h2-11H2,1H3. The van der Waals surface area contributed by atoms with Crippen LogP contribution in [0.2, 0.25) is 0 Å². The topological polar surface area (TPSA) is 26.3 Å². The van der Waals surface area contributed by atoms with Crippen molar-refractivity contribution in [1.82, 2.24) is 0 Å². The zero-order chi connectivity index (χ0) is 16.4. The van der Waals surface area contributed by atoms with Crippen molar-refractivity contribution >= 4 is 5.97 Å². The molecule has 0 aromatic carbocycles. The van der Waals surface area contributed by atoms with Gasteiger partial charge >= 0.3 is 18.1 Å². The first-order chi connectivity index (χ1) is 9.73. The summed E-state index contributed by atoms with van der Waals surface area (Å²) in [5.41, 5.74) is 0. The van der Waals surface area contributed by atoms with Gasteiger partial charge in [-0.15, -0.1) is 0 Å². The Labute approximate surface area is 122 Å². The molecular formula is C14H23F5O2. The molecule has 0 saturated heterocycles. The summed E-state index contributed by atoms with van der Waals surface area (Å²) in [5.74, 6) is -7.94. The van der Waals surface area contributed by atoms with Crippen LogP contribution in [0.15, 0.2) is 0 Å². The normalized spacial score (nSPS) is 12.5. The molecule has 0 fully saturated rings. The molecule has 0 heterocycles. The Bertz CT molecular complexity index is 290. The van der Waals surface area contributed by atoms with Gasteiger partial charge in [0, 0.05) is 0 Å². The highest BCUT2D eigenvalue weighted by atomic mass is 19.4. The second-order valence-electron chi connectivity index (χ2n) is 5.04. The van der Waals surface area contributed by atoms with Gasteiger partial charge in [0.1, 0.15) is 0 Å². The molecular weight excluding hydrogens is 295 g/mol. The minimum Gasteiger partial charge on any atom is -0.461 e. The summed E-state index contributed by atoms with van der Waals surface area (Å²) in [6.45, 7) is 1.73. The van der Waals surface area contributed by atoms with Crippen LogP contribution < -0.4 is 0 Å².